The minimum absolute atomic E-state index is 0.316. The average Bonchev–Trinajstić information content (AvgIpc) is 3.12. The zero-order valence-corrected chi connectivity index (χ0v) is 16.2. The molecule has 4 rings (SSSR count). The smallest absolute Gasteiger partial charge is 0.227 e. The van der Waals surface area contributed by atoms with E-state index in [1.165, 1.54) is 0 Å². The first-order chi connectivity index (χ1) is 13.6. The molecule has 1 aliphatic rings. The number of imidazole rings is 1. The molecule has 3 aromatic rings. The average molecular weight is 381 g/mol. The number of nitrogens with one attached hydrogen (secondary N) is 2. The number of benzene rings is 1. The summed E-state index contributed by atoms with van der Waals surface area (Å²) in [6.45, 7) is 3.46. The lowest BCUT2D eigenvalue weighted by molar-refractivity contribution is 0.410. The van der Waals surface area contributed by atoms with Gasteiger partial charge in [0, 0.05) is 30.9 Å². The number of aromatic nitrogens is 4. The topological polar surface area (TPSA) is 120 Å². The molecule has 0 aliphatic heterocycles. The maximum Gasteiger partial charge on any atom is 0.227 e. The Kier molecular flexibility index (Phi) is 5.29. The van der Waals surface area contributed by atoms with Crippen LogP contribution in [0.15, 0.2) is 30.6 Å². The molecule has 1 fully saturated rings. The summed E-state index contributed by atoms with van der Waals surface area (Å²) in [5.74, 6) is 1.35. The van der Waals surface area contributed by atoms with Crippen molar-refractivity contribution in [3.8, 4) is 0 Å². The molecule has 0 spiro atoms. The maximum atomic E-state index is 6.07. The number of anilines is 3. The molecule has 1 aromatic carbocycles. The molecule has 28 heavy (non-hydrogen) atoms. The molecule has 0 unspecified atom stereocenters. The number of para-hydroxylation sites is 1. The van der Waals surface area contributed by atoms with Gasteiger partial charge in [0.2, 0.25) is 5.95 Å². The van der Waals surface area contributed by atoms with Crippen molar-refractivity contribution in [3.63, 3.8) is 0 Å². The van der Waals surface area contributed by atoms with Crippen LogP contribution in [0.3, 0.4) is 0 Å². The van der Waals surface area contributed by atoms with E-state index >= 15 is 0 Å². The van der Waals surface area contributed by atoms with Crippen molar-refractivity contribution in [2.24, 2.45) is 5.73 Å². The van der Waals surface area contributed by atoms with E-state index in [1.54, 1.807) is 0 Å². The third-order valence-corrected chi connectivity index (χ3v) is 5.41. The first-order valence-corrected chi connectivity index (χ1v) is 9.96. The lowest BCUT2D eigenvalue weighted by atomic mass is 9.92. The summed E-state index contributed by atoms with van der Waals surface area (Å²) >= 11 is 0. The molecule has 0 bridgehead atoms. The lowest BCUT2D eigenvalue weighted by Gasteiger charge is -2.26. The van der Waals surface area contributed by atoms with Crippen molar-refractivity contribution in [1.29, 1.82) is 0 Å². The van der Waals surface area contributed by atoms with Crippen LogP contribution in [0, 0.1) is 0 Å². The second kappa shape index (κ2) is 8.02. The van der Waals surface area contributed by atoms with Gasteiger partial charge in [-0.2, -0.15) is 9.97 Å². The molecule has 2 aromatic heterocycles. The van der Waals surface area contributed by atoms with Gasteiger partial charge in [-0.25, -0.2) is 4.98 Å². The van der Waals surface area contributed by atoms with Gasteiger partial charge in [0.25, 0.3) is 0 Å². The highest BCUT2D eigenvalue weighted by Gasteiger charge is 2.20. The van der Waals surface area contributed by atoms with Crippen LogP contribution in [0.2, 0.25) is 0 Å². The van der Waals surface area contributed by atoms with Gasteiger partial charge < -0.3 is 26.7 Å². The minimum Gasteiger partial charge on any atom is -0.398 e. The summed E-state index contributed by atoms with van der Waals surface area (Å²) < 4.78 is 2.03. The van der Waals surface area contributed by atoms with Crippen molar-refractivity contribution >= 4 is 28.6 Å². The molecule has 0 atom stereocenters. The van der Waals surface area contributed by atoms with Crippen LogP contribution in [0.4, 0.5) is 17.5 Å². The van der Waals surface area contributed by atoms with E-state index < -0.39 is 0 Å². The minimum atomic E-state index is 0.316. The highest BCUT2D eigenvalue weighted by Crippen LogP contribution is 2.25. The van der Waals surface area contributed by atoms with Crippen molar-refractivity contribution < 1.29 is 0 Å². The predicted molar refractivity (Wildman–Crippen MR) is 113 cm³/mol. The first-order valence-electron chi connectivity index (χ1n) is 9.96. The van der Waals surface area contributed by atoms with Crippen LogP contribution in [0.25, 0.3) is 11.2 Å². The summed E-state index contributed by atoms with van der Waals surface area (Å²) in [6.07, 6.45) is 5.96. The Hall–Kier alpha value is -2.87. The normalized spacial score (nSPS) is 19.6. The standard InChI is InChI=1S/C20H28N8/c1-2-28-12-24-17-18(23-11-13-5-3-4-6-16(13)22)26-20(27-19(17)28)25-15-9-7-14(21)8-10-15/h3-6,12,14-15H,2,7-11,21-22H2,1H3,(H2,23,25,26,27). The zero-order chi connectivity index (χ0) is 19.5. The number of nitrogens with two attached hydrogens (primary N) is 2. The van der Waals surface area contributed by atoms with Gasteiger partial charge in [-0.15, -0.1) is 0 Å². The Bertz CT molecular complexity index is 943. The summed E-state index contributed by atoms with van der Waals surface area (Å²) in [6, 6.07) is 8.50. The van der Waals surface area contributed by atoms with Crippen molar-refractivity contribution in [2.45, 2.75) is 57.8 Å². The molecule has 1 saturated carbocycles. The van der Waals surface area contributed by atoms with Gasteiger partial charge in [0.15, 0.2) is 17.0 Å². The van der Waals surface area contributed by atoms with Crippen LogP contribution in [-0.2, 0) is 13.1 Å². The van der Waals surface area contributed by atoms with Crippen LogP contribution < -0.4 is 22.1 Å². The van der Waals surface area contributed by atoms with E-state index in [4.69, 9.17) is 21.4 Å². The molecular weight excluding hydrogens is 352 g/mol. The quantitative estimate of drug-likeness (QED) is 0.485. The van der Waals surface area contributed by atoms with Crippen molar-refractivity contribution in [1.82, 2.24) is 19.5 Å². The molecule has 2 heterocycles. The van der Waals surface area contributed by atoms with Crippen LogP contribution in [0.5, 0.6) is 0 Å². The largest absolute Gasteiger partial charge is 0.398 e. The van der Waals surface area contributed by atoms with Gasteiger partial charge >= 0.3 is 0 Å². The Morgan fingerprint density at radius 1 is 1.14 bits per heavy atom. The molecule has 0 saturated heterocycles. The number of rotatable bonds is 6. The monoisotopic (exact) mass is 380 g/mol. The number of nitrogens with zero attached hydrogens (tertiary/aromatic N) is 4. The lowest BCUT2D eigenvalue weighted by Crippen LogP contribution is -2.33. The molecule has 148 valence electrons. The van der Waals surface area contributed by atoms with Crippen molar-refractivity contribution in [3.05, 3.63) is 36.2 Å². The highest BCUT2D eigenvalue weighted by molar-refractivity contribution is 5.84. The van der Waals surface area contributed by atoms with Gasteiger partial charge in [-0.05, 0) is 44.2 Å². The highest BCUT2D eigenvalue weighted by atomic mass is 15.2. The number of nitrogen functional groups attached to an aromatic ring is 1. The third kappa shape index (κ3) is 3.87. The predicted octanol–water partition coefficient (Wildman–Crippen LogP) is 2.72. The molecule has 1 aliphatic carbocycles. The zero-order valence-electron chi connectivity index (χ0n) is 16.2. The number of aryl methyl sites for hydroxylation is 1. The van der Waals surface area contributed by atoms with Crippen LogP contribution in [0.1, 0.15) is 38.2 Å². The summed E-state index contributed by atoms with van der Waals surface area (Å²) in [7, 11) is 0. The maximum absolute atomic E-state index is 6.07. The molecule has 8 nitrogen and oxygen atoms in total. The van der Waals surface area contributed by atoms with E-state index in [0.29, 0.717) is 24.6 Å². The number of fused-ring (bicyclic) bond motifs is 1. The summed E-state index contributed by atoms with van der Waals surface area (Å²) in [4.78, 5) is 14.0. The number of hydrogen-bond donors (Lipinski definition) is 4. The van der Waals surface area contributed by atoms with Gasteiger partial charge in [0.1, 0.15) is 0 Å². The second-order valence-corrected chi connectivity index (χ2v) is 7.41. The third-order valence-electron chi connectivity index (χ3n) is 5.41. The van der Waals surface area contributed by atoms with Crippen molar-refractivity contribution in [2.75, 3.05) is 16.4 Å². The van der Waals surface area contributed by atoms with Gasteiger partial charge in [-0.3, -0.25) is 0 Å². The van der Waals surface area contributed by atoms with Gasteiger partial charge in [0.05, 0.1) is 6.33 Å². The molecule has 6 N–H and O–H groups in total. The molecule has 0 radical (unpaired) electrons. The Morgan fingerprint density at radius 3 is 2.68 bits per heavy atom. The van der Waals surface area contributed by atoms with E-state index in [0.717, 1.165) is 60.5 Å². The Morgan fingerprint density at radius 2 is 1.93 bits per heavy atom. The Balaban J connectivity index is 1.60. The van der Waals surface area contributed by atoms with E-state index in [9.17, 15) is 0 Å². The van der Waals surface area contributed by atoms with E-state index in [2.05, 4.69) is 22.5 Å². The fourth-order valence-corrected chi connectivity index (χ4v) is 3.68. The molecule has 0 amide bonds. The van der Waals surface area contributed by atoms with E-state index in [-0.39, 0.29) is 0 Å². The molecule has 8 heteroatoms. The van der Waals surface area contributed by atoms with E-state index in [1.807, 2.05) is 35.2 Å². The second-order valence-electron chi connectivity index (χ2n) is 7.41. The molecular formula is C20H28N8. The fourth-order valence-electron chi connectivity index (χ4n) is 3.68. The van der Waals surface area contributed by atoms with Crippen LogP contribution >= 0.6 is 0 Å². The Labute approximate surface area is 164 Å². The summed E-state index contributed by atoms with van der Waals surface area (Å²) in [5, 5.41) is 6.90. The fraction of sp³-hybridized carbons (Fsp3) is 0.450. The summed E-state index contributed by atoms with van der Waals surface area (Å²) in [5.41, 5.74) is 15.5. The first kappa shape index (κ1) is 18.5. The van der Waals surface area contributed by atoms with Crippen LogP contribution in [-0.4, -0.2) is 31.6 Å². The SMILES string of the molecule is CCn1cnc2c(NCc3ccccc3N)nc(NC3CCC(N)CC3)nc21. The van der Waals surface area contributed by atoms with Gasteiger partial charge in [-0.1, -0.05) is 18.2 Å². The number of hydrogen-bond acceptors (Lipinski definition) is 7.